The van der Waals surface area contributed by atoms with E-state index < -0.39 is 6.10 Å². The number of nitrogens with zero attached hydrogens (tertiary/aromatic N) is 1. The Labute approximate surface area is 108 Å². The molecule has 18 heavy (non-hydrogen) atoms. The summed E-state index contributed by atoms with van der Waals surface area (Å²) in [5.41, 5.74) is 7.15. The highest BCUT2D eigenvalue weighted by molar-refractivity contribution is 7.10. The maximum Gasteiger partial charge on any atom is 0.231 e. The molecule has 0 fully saturated rings. The summed E-state index contributed by atoms with van der Waals surface area (Å²) >= 11 is 1.40. The van der Waals surface area contributed by atoms with Crippen LogP contribution in [0.1, 0.15) is 11.1 Å². The van der Waals surface area contributed by atoms with Crippen molar-refractivity contribution in [2.75, 3.05) is 13.3 Å². The van der Waals surface area contributed by atoms with Gasteiger partial charge in [0.15, 0.2) is 11.5 Å². The summed E-state index contributed by atoms with van der Waals surface area (Å²) in [5.74, 6) is 1.47. The van der Waals surface area contributed by atoms with Gasteiger partial charge in [0.2, 0.25) is 6.79 Å². The maximum absolute atomic E-state index is 9.62. The third kappa shape index (κ3) is 1.94. The second kappa shape index (κ2) is 4.56. The predicted molar refractivity (Wildman–Crippen MR) is 67.7 cm³/mol. The molecule has 1 unspecified atom stereocenters. The minimum absolute atomic E-state index is 0.175. The van der Waals surface area contributed by atoms with Crippen LogP contribution in [0, 0.1) is 0 Å². The molecular formula is C12H12N2O3S. The van der Waals surface area contributed by atoms with Crippen molar-refractivity contribution in [1.82, 2.24) is 4.98 Å². The number of benzene rings is 1. The molecule has 0 saturated carbocycles. The van der Waals surface area contributed by atoms with Gasteiger partial charge in [-0.05, 0) is 18.2 Å². The average Bonchev–Trinajstić information content (AvgIpc) is 3.05. The van der Waals surface area contributed by atoms with Gasteiger partial charge in [0.1, 0.15) is 11.1 Å². The largest absolute Gasteiger partial charge is 0.454 e. The fourth-order valence-corrected chi connectivity index (χ4v) is 2.56. The minimum atomic E-state index is -0.697. The number of fused-ring (bicyclic) bond motifs is 1. The molecule has 1 aromatic heterocycles. The molecule has 1 aromatic carbocycles. The number of aromatic nitrogens is 1. The van der Waals surface area contributed by atoms with Crippen molar-refractivity contribution in [3.8, 4) is 22.8 Å². The average molecular weight is 264 g/mol. The van der Waals surface area contributed by atoms with Gasteiger partial charge in [0.25, 0.3) is 0 Å². The van der Waals surface area contributed by atoms with E-state index in [4.69, 9.17) is 15.2 Å². The van der Waals surface area contributed by atoms with E-state index in [0.717, 1.165) is 22.8 Å². The van der Waals surface area contributed by atoms with Crippen molar-refractivity contribution in [3.05, 3.63) is 28.6 Å². The first-order valence-corrected chi connectivity index (χ1v) is 6.39. The van der Waals surface area contributed by atoms with Gasteiger partial charge in [-0.2, -0.15) is 0 Å². The second-order valence-electron chi connectivity index (χ2n) is 3.89. The van der Waals surface area contributed by atoms with Gasteiger partial charge in [-0.3, -0.25) is 0 Å². The molecule has 1 atom stereocenters. The maximum atomic E-state index is 9.62. The molecule has 1 aliphatic heterocycles. The highest BCUT2D eigenvalue weighted by Crippen LogP contribution is 2.36. The first kappa shape index (κ1) is 11.5. The molecule has 5 nitrogen and oxygen atoms in total. The van der Waals surface area contributed by atoms with Crippen molar-refractivity contribution in [2.45, 2.75) is 6.10 Å². The van der Waals surface area contributed by atoms with Gasteiger partial charge in [0.05, 0.1) is 5.69 Å². The van der Waals surface area contributed by atoms with E-state index in [1.807, 2.05) is 23.6 Å². The normalized spacial score (nSPS) is 14.8. The van der Waals surface area contributed by atoms with Crippen LogP contribution < -0.4 is 15.2 Å². The lowest BCUT2D eigenvalue weighted by Crippen LogP contribution is -2.10. The molecule has 2 heterocycles. The lowest BCUT2D eigenvalue weighted by Gasteiger charge is -2.02. The van der Waals surface area contributed by atoms with Crippen molar-refractivity contribution >= 4 is 11.3 Å². The van der Waals surface area contributed by atoms with Crippen molar-refractivity contribution in [2.24, 2.45) is 5.73 Å². The van der Waals surface area contributed by atoms with E-state index in [2.05, 4.69) is 4.98 Å². The molecule has 0 radical (unpaired) electrons. The zero-order valence-electron chi connectivity index (χ0n) is 9.50. The smallest absolute Gasteiger partial charge is 0.231 e. The summed E-state index contributed by atoms with van der Waals surface area (Å²) in [7, 11) is 0. The Hall–Kier alpha value is -1.63. The van der Waals surface area contributed by atoms with Crippen LogP contribution in [0.4, 0.5) is 0 Å². The zero-order valence-corrected chi connectivity index (χ0v) is 10.3. The summed E-state index contributed by atoms with van der Waals surface area (Å²) < 4.78 is 10.6. The second-order valence-corrected chi connectivity index (χ2v) is 4.78. The number of aliphatic hydroxyl groups is 1. The van der Waals surface area contributed by atoms with Crippen LogP contribution in [0.3, 0.4) is 0 Å². The first-order valence-electron chi connectivity index (χ1n) is 5.51. The minimum Gasteiger partial charge on any atom is -0.454 e. The topological polar surface area (TPSA) is 77.6 Å². The van der Waals surface area contributed by atoms with Gasteiger partial charge >= 0.3 is 0 Å². The van der Waals surface area contributed by atoms with Gasteiger partial charge in [-0.25, -0.2) is 4.98 Å². The zero-order chi connectivity index (χ0) is 12.5. The SMILES string of the molecule is NCC(O)c1nc(-c2ccc3c(c2)OCO3)cs1. The fraction of sp³-hybridized carbons (Fsp3) is 0.250. The summed E-state index contributed by atoms with van der Waals surface area (Å²) in [6.45, 7) is 0.432. The standard InChI is InChI=1S/C12H12N2O3S/c13-4-9(15)12-14-8(5-18-12)7-1-2-10-11(3-7)17-6-16-10/h1-3,5,9,15H,4,6,13H2. The predicted octanol–water partition coefficient (Wildman–Crippen LogP) is 1.53. The Bertz CT molecular complexity index is 570. The number of hydrogen-bond acceptors (Lipinski definition) is 6. The van der Waals surface area contributed by atoms with Crippen LogP contribution in [-0.2, 0) is 0 Å². The number of ether oxygens (including phenoxy) is 2. The fourth-order valence-electron chi connectivity index (χ4n) is 1.73. The molecule has 2 aromatic rings. The van der Waals surface area contributed by atoms with E-state index >= 15 is 0 Å². The van der Waals surface area contributed by atoms with Gasteiger partial charge in [-0.1, -0.05) is 0 Å². The third-order valence-electron chi connectivity index (χ3n) is 2.70. The number of thiazole rings is 1. The monoisotopic (exact) mass is 264 g/mol. The van der Waals surface area contributed by atoms with Gasteiger partial charge in [0, 0.05) is 17.5 Å². The summed E-state index contributed by atoms with van der Waals surface area (Å²) in [4.78, 5) is 4.37. The number of aliphatic hydroxyl groups excluding tert-OH is 1. The van der Waals surface area contributed by atoms with Crippen LogP contribution in [-0.4, -0.2) is 23.4 Å². The van der Waals surface area contributed by atoms with Gasteiger partial charge in [-0.15, -0.1) is 11.3 Å². The Morgan fingerprint density at radius 2 is 2.22 bits per heavy atom. The van der Waals surface area contributed by atoms with Crippen LogP contribution in [0.15, 0.2) is 23.6 Å². The van der Waals surface area contributed by atoms with E-state index in [9.17, 15) is 5.11 Å². The van der Waals surface area contributed by atoms with Gasteiger partial charge < -0.3 is 20.3 Å². The Balaban J connectivity index is 1.92. The molecule has 3 N–H and O–H groups in total. The molecular weight excluding hydrogens is 252 g/mol. The lowest BCUT2D eigenvalue weighted by atomic mass is 10.1. The Morgan fingerprint density at radius 1 is 1.39 bits per heavy atom. The van der Waals surface area contributed by atoms with Crippen molar-refractivity contribution in [1.29, 1.82) is 0 Å². The molecule has 0 aliphatic carbocycles. The van der Waals surface area contributed by atoms with E-state index in [1.165, 1.54) is 11.3 Å². The number of nitrogens with two attached hydrogens (primary N) is 1. The van der Waals surface area contributed by atoms with Crippen LogP contribution in [0.2, 0.25) is 0 Å². The summed E-state index contributed by atoms with van der Waals surface area (Å²) in [6.07, 6.45) is -0.697. The molecule has 6 heteroatoms. The van der Waals surface area contributed by atoms with Crippen LogP contribution in [0.5, 0.6) is 11.5 Å². The molecule has 0 bridgehead atoms. The highest BCUT2D eigenvalue weighted by atomic mass is 32.1. The molecule has 1 aliphatic rings. The van der Waals surface area contributed by atoms with E-state index in [1.54, 1.807) is 0 Å². The third-order valence-corrected chi connectivity index (χ3v) is 3.64. The number of rotatable bonds is 3. The molecule has 0 saturated heterocycles. The van der Waals surface area contributed by atoms with E-state index in [-0.39, 0.29) is 13.3 Å². The van der Waals surface area contributed by atoms with Crippen LogP contribution in [0.25, 0.3) is 11.3 Å². The summed E-state index contributed by atoms with van der Waals surface area (Å²) in [5, 5.41) is 12.1. The molecule has 0 amide bonds. The Kier molecular flexibility index (Phi) is 2.91. The summed E-state index contributed by atoms with van der Waals surface area (Å²) in [6, 6.07) is 5.66. The molecule has 0 spiro atoms. The Morgan fingerprint density at radius 3 is 3.06 bits per heavy atom. The quantitative estimate of drug-likeness (QED) is 0.879. The van der Waals surface area contributed by atoms with Crippen LogP contribution >= 0.6 is 11.3 Å². The van der Waals surface area contributed by atoms with E-state index in [0.29, 0.717) is 5.01 Å². The van der Waals surface area contributed by atoms with Crippen molar-refractivity contribution < 1.29 is 14.6 Å². The molecule has 94 valence electrons. The lowest BCUT2D eigenvalue weighted by molar-refractivity contribution is 0.174. The molecule has 3 rings (SSSR count). The first-order chi connectivity index (χ1) is 8.78. The highest BCUT2D eigenvalue weighted by Gasteiger charge is 2.16. The van der Waals surface area contributed by atoms with Crippen molar-refractivity contribution in [3.63, 3.8) is 0 Å². The number of hydrogen-bond donors (Lipinski definition) is 2.